The Morgan fingerprint density at radius 3 is 2.42 bits per heavy atom. The van der Waals surface area contributed by atoms with Crippen LogP contribution in [0.25, 0.3) is 0 Å². The normalized spacial score (nSPS) is 13.1. The van der Waals surface area contributed by atoms with E-state index in [2.05, 4.69) is 12.2 Å². The van der Waals surface area contributed by atoms with Gasteiger partial charge in [0.25, 0.3) is 0 Å². The molecular formula is C16H25NO2. The lowest BCUT2D eigenvalue weighted by Gasteiger charge is -2.22. The Kier molecular flexibility index (Phi) is 6.03. The van der Waals surface area contributed by atoms with Gasteiger partial charge >= 0.3 is 0 Å². The highest BCUT2D eigenvalue weighted by Gasteiger charge is 2.16. The molecule has 0 saturated heterocycles. The SMILES string of the molecule is CCCC(NC(=O)COC(C)(C)C)c1ccccc1. The third kappa shape index (κ3) is 6.39. The average molecular weight is 263 g/mol. The van der Waals surface area contributed by atoms with E-state index >= 15 is 0 Å². The highest BCUT2D eigenvalue weighted by atomic mass is 16.5. The van der Waals surface area contributed by atoms with Crippen molar-refractivity contribution in [2.75, 3.05) is 6.61 Å². The molecule has 1 aromatic rings. The minimum absolute atomic E-state index is 0.0581. The van der Waals surface area contributed by atoms with E-state index in [1.165, 1.54) is 0 Å². The predicted octanol–water partition coefficient (Wildman–Crippen LogP) is 3.46. The number of nitrogens with one attached hydrogen (secondary N) is 1. The Bertz CT molecular complexity index is 381. The Morgan fingerprint density at radius 2 is 1.89 bits per heavy atom. The summed E-state index contributed by atoms with van der Waals surface area (Å²) in [5, 5.41) is 3.04. The quantitative estimate of drug-likeness (QED) is 0.853. The van der Waals surface area contributed by atoms with Crippen LogP contribution in [-0.2, 0) is 9.53 Å². The zero-order chi connectivity index (χ0) is 14.3. The maximum atomic E-state index is 11.9. The molecule has 0 spiro atoms. The third-order valence-corrected chi connectivity index (χ3v) is 2.75. The molecular weight excluding hydrogens is 238 g/mol. The van der Waals surface area contributed by atoms with Gasteiger partial charge in [-0.1, -0.05) is 43.7 Å². The van der Waals surface area contributed by atoms with Crippen molar-refractivity contribution in [1.29, 1.82) is 0 Å². The minimum atomic E-state index is -0.287. The molecule has 0 radical (unpaired) electrons. The van der Waals surface area contributed by atoms with Gasteiger partial charge in [-0.15, -0.1) is 0 Å². The molecule has 1 atom stereocenters. The largest absolute Gasteiger partial charge is 0.366 e. The summed E-state index contributed by atoms with van der Waals surface area (Å²) in [5.41, 5.74) is 0.859. The van der Waals surface area contributed by atoms with E-state index in [1.807, 2.05) is 51.1 Å². The number of carbonyl (C=O) groups excluding carboxylic acids is 1. The van der Waals surface area contributed by atoms with Crippen LogP contribution in [0.3, 0.4) is 0 Å². The third-order valence-electron chi connectivity index (χ3n) is 2.75. The van der Waals surface area contributed by atoms with E-state index in [9.17, 15) is 4.79 Å². The fourth-order valence-corrected chi connectivity index (χ4v) is 1.81. The number of hydrogen-bond donors (Lipinski definition) is 1. The van der Waals surface area contributed by atoms with Gasteiger partial charge in [0, 0.05) is 0 Å². The molecule has 106 valence electrons. The van der Waals surface area contributed by atoms with Crippen molar-refractivity contribution in [3.05, 3.63) is 35.9 Å². The second-order valence-corrected chi connectivity index (χ2v) is 5.72. The van der Waals surface area contributed by atoms with Crippen LogP contribution in [0.15, 0.2) is 30.3 Å². The van der Waals surface area contributed by atoms with E-state index in [4.69, 9.17) is 4.74 Å². The molecule has 0 heterocycles. The Morgan fingerprint density at radius 1 is 1.26 bits per heavy atom. The van der Waals surface area contributed by atoms with Crippen molar-refractivity contribution in [2.45, 2.75) is 52.2 Å². The van der Waals surface area contributed by atoms with Crippen molar-refractivity contribution in [3.63, 3.8) is 0 Å². The Balaban J connectivity index is 2.57. The lowest BCUT2D eigenvalue weighted by molar-refractivity contribution is -0.131. The lowest BCUT2D eigenvalue weighted by Crippen LogP contribution is -2.34. The molecule has 0 aliphatic rings. The standard InChI is InChI=1S/C16H25NO2/c1-5-9-14(13-10-7-6-8-11-13)17-15(18)12-19-16(2,3)4/h6-8,10-11,14H,5,9,12H2,1-4H3,(H,17,18). The fraction of sp³-hybridized carbons (Fsp3) is 0.562. The second kappa shape index (κ2) is 7.29. The summed E-state index contributed by atoms with van der Waals surface area (Å²) in [6.45, 7) is 8.06. The molecule has 0 aromatic heterocycles. The van der Waals surface area contributed by atoms with Crippen LogP contribution in [0, 0.1) is 0 Å². The van der Waals surface area contributed by atoms with E-state index in [0.29, 0.717) is 0 Å². The van der Waals surface area contributed by atoms with Crippen LogP contribution in [0.5, 0.6) is 0 Å². The zero-order valence-electron chi connectivity index (χ0n) is 12.4. The number of ether oxygens (including phenoxy) is 1. The van der Waals surface area contributed by atoms with E-state index < -0.39 is 0 Å². The maximum absolute atomic E-state index is 11.9. The van der Waals surface area contributed by atoms with E-state index in [-0.39, 0.29) is 24.2 Å². The van der Waals surface area contributed by atoms with Crippen LogP contribution >= 0.6 is 0 Å². The number of hydrogen-bond acceptors (Lipinski definition) is 2. The Hall–Kier alpha value is -1.35. The molecule has 0 bridgehead atoms. The van der Waals surface area contributed by atoms with Crippen LogP contribution in [-0.4, -0.2) is 18.1 Å². The molecule has 0 saturated carbocycles. The molecule has 0 aliphatic heterocycles. The predicted molar refractivity (Wildman–Crippen MR) is 77.9 cm³/mol. The number of benzene rings is 1. The smallest absolute Gasteiger partial charge is 0.246 e. The summed E-state index contributed by atoms with van der Waals surface area (Å²) >= 11 is 0. The molecule has 1 aromatic carbocycles. The van der Waals surface area contributed by atoms with Crippen LogP contribution in [0.2, 0.25) is 0 Å². The van der Waals surface area contributed by atoms with Gasteiger partial charge in [-0.25, -0.2) is 0 Å². The summed E-state index contributed by atoms with van der Waals surface area (Å²) in [6, 6.07) is 10.1. The molecule has 0 fully saturated rings. The van der Waals surface area contributed by atoms with Gasteiger partial charge in [-0.05, 0) is 32.8 Å². The van der Waals surface area contributed by atoms with Gasteiger partial charge < -0.3 is 10.1 Å². The molecule has 1 unspecified atom stereocenters. The first-order valence-corrected chi connectivity index (χ1v) is 6.90. The Labute approximate surface area is 116 Å². The second-order valence-electron chi connectivity index (χ2n) is 5.72. The molecule has 0 aliphatic carbocycles. The molecule has 1 N–H and O–H groups in total. The van der Waals surface area contributed by atoms with Gasteiger partial charge in [-0.3, -0.25) is 4.79 Å². The number of rotatable bonds is 6. The lowest BCUT2D eigenvalue weighted by atomic mass is 10.0. The fourth-order valence-electron chi connectivity index (χ4n) is 1.81. The average Bonchev–Trinajstić information content (AvgIpc) is 2.36. The summed E-state index contributed by atoms with van der Waals surface area (Å²) in [7, 11) is 0. The summed E-state index contributed by atoms with van der Waals surface area (Å²) < 4.78 is 5.49. The highest BCUT2D eigenvalue weighted by Crippen LogP contribution is 2.18. The summed E-state index contributed by atoms with van der Waals surface area (Å²) in [5.74, 6) is -0.0581. The van der Waals surface area contributed by atoms with Crippen molar-refractivity contribution in [1.82, 2.24) is 5.32 Å². The van der Waals surface area contributed by atoms with Gasteiger partial charge in [-0.2, -0.15) is 0 Å². The van der Waals surface area contributed by atoms with Gasteiger partial charge in [0.1, 0.15) is 6.61 Å². The summed E-state index contributed by atoms with van der Waals surface area (Å²) in [6.07, 6.45) is 1.96. The topological polar surface area (TPSA) is 38.3 Å². The monoisotopic (exact) mass is 263 g/mol. The number of amides is 1. The van der Waals surface area contributed by atoms with Crippen molar-refractivity contribution in [2.24, 2.45) is 0 Å². The van der Waals surface area contributed by atoms with E-state index in [0.717, 1.165) is 18.4 Å². The molecule has 3 nitrogen and oxygen atoms in total. The first kappa shape index (κ1) is 15.7. The zero-order valence-corrected chi connectivity index (χ0v) is 12.4. The van der Waals surface area contributed by atoms with Crippen molar-refractivity contribution >= 4 is 5.91 Å². The molecule has 1 rings (SSSR count). The highest BCUT2D eigenvalue weighted by molar-refractivity contribution is 5.77. The van der Waals surface area contributed by atoms with Gasteiger partial charge in [0.2, 0.25) is 5.91 Å². The molecule has 19 heavy (non-hydrogen) atoms. The summed E-state index contributed by atoms with van der Waals surface area (Å²) in [4.78, 5) is 11.9. The number of carbonyl (C=O) groups is 1. The van der Waals surface area contributed by atoms with Crippen molar-refractivity contribution < 1.29 is 9.53 Å². The van der Waals surface area contributed by atoms with E-state index in [1.54, 1.807) is 0 Å². The maximum Gasteiger partial charge on any atom is 0.246 e. The first-order valence-electron chi connectivity index (χ1n) is 6.90. The van der Waals surface area contributed by atoms with Gasteiger partial charge in [0.05, 0.1) is 11.6 Å². The molecule has 3 heteroatoms. The van der Waals surface area contributed by atoms with Gasteiger partial charge in [0.15, 0.2) is 0 Å². The molecule has 1 amide bonds. The van der Waals surface area contributed by atoms with Crippen LogP contribution in [0.4, 0.5) is 0 Å². The van der Waals surface area contributed by atoms with Crippen LogP contribution < -0.4 is 5.32 Å². The first-order chi connectivity index (χ1) is 8.92. The van der Waals surface area contributed by atoms with Crippen molar-refractivity contribution in [3.8, 4) is 0 Å². The van der Waals surface area contributed by atoms with Crippen LogP contribution in [0.1, 0.15) is 52.1 Å². The minimum Gasteiger partial charge on any atom is -0.366 e.